The number of nitrogens with one attached hydrogen (secondary N) is 1. The van der Waals surface area contributed by atoms with Crippen LogP contribution in [0.1, 0.15) is 22.7 Å². The second-order valence-corrected chi connectivity index (χ2v) is 6.06. The highest BCUT2D eigenvalue weighted by Gasteiger charge is 2.20. The van der Waals surface area contributed by atoms with Crippen LogP contribution < -0.4 is 14.8 Å². The van der Waals surface area contributed by atoms with Crippen molar-refractivity contribution in [2.24, 2.45) is 0 Å². The van der Waals surface area contributed by atoms with Crippen molar-refractivity contribution in [2.75, 3.05) is 21.3 Å². The lowest BCUT2D eigenvalue weighted by atomic mass is 9.98. The van der Waals surface area contributed by atoms with Gasteiger partial charge >= 0.3 is 0 Å². The molecule has 0 amide bonds. The van der Waals surface area contributed by atoms with E-state index in [-0.39, 0.29) is 6.04 Å². The molecule has 0 bridgehead atoms. The number of ether oxygens (including phenoxy) is 2. The van der Waals surface area contributed by atoms with Crippen molar-refractivity contribution in [1.82, 2.24) is 5.32 Å². The molecule has 1 unspecified atom stereocenters. The summed E-state index contributed by atoms with van der Waals surface area (Å²) in [6.07, 6.45) is 0. The van der Waals surface area contributed by atoms with Crippen LogP contribution in [0.25, 0.3) is 0 Å². The van der Waals surface area contributed by atoms with Gasteiger partial charge in [-0.25, -0.2) is 0 Å². The molecular weight excluding hydrogens is 338 g/mol. The number of methoxy groups -OCH3 is 2. The second-order valence-electron chi connectivity index (χ2n) is 4.46. The number of benzene rings is 1. The van der Waals surface area contributed by atoms with E-state index in [9.17, 15) is 0 Å². The van der Waals surface area contributed by atoms with Crippen LogP contribution in [0.5, 0.6) is 11.5 Å². The number of aryl methyl sites for hydroxylation is 1. The molecule has 20 heavy (non-hydrogen) atoms. The third-order valence-corrected chi connectivity index (χ3v) is 4.88. The largest absolute Gasteiger partial charge is 0.493 e. The molecule has 0 saturated carbocycles. The van der Waals surface area contributed by atoms with Crippen molar-refractivity contribution in [1.29, 1.82) is 0 Å². The van der Waals surface area contributed by atoms with Crippen molar-refractivity contribution in [2.45, 2.75) is 13.0 Å². The molecule has 0 saturated heterocycles. The SMILES string of the molecule is CNC(c1cscc1C)c1cc(OC)c(OC)cc1Br. The van der Waals surface area contributed by atoms with Crippen LogP contribution >= 0.6 is 27.3 Å². The molecule has 0 spiro atoms. The Bertz CT molecular complexity index is 598. The zero-order chi connectivity index (χ0) is 14.7. The summed E-state index contributed by atoms with van der Waals surface area (Å²) in [4.78, 5) is 0. The maximum Gasteiger partial charge on any atom is 0.161 e. The lowest BCUT2D eigenvalue weighted by Gasteiger charge is -2.20. The van der Waals surface area contributed by atoms with Crippen LogP contribution in [0, 0.1) is 6.92 Å². The zero-order valence-electron chi connectivity index (χ0n) is 12.0. The van der Waals surface area contributed by atoms with E-state index in [0.29, 0.717) is 0 Å². The summed E-state index contributed by atoms with van der Waals surface area (Å²) >= 11 is 5.35. The summed E-state index contributed by atoms with van der Waals surface area (Å²) in [5.41, 5.74) is 3.70. The monoisotopic (exact) mass is 355 g/mol. The van der Waals surface area contributed by atoms with E-state index >= 15 is 0 Å². The first-order valence-electron chi connectivity index (χ1n) is 6.23. The molecule has 0 fully saturated rings. The average molecular weight is 356 g/mol. The summed E-state index contributed by atoms with van der Waals surface area (Å²) in [6, 6.07) is 4.08. The molecular formula is C15H18BrNO2S. The Hall–Kier alpha value is -1.04. The van der Waals surface area contributed by atoms with Crippen LogP contribution in [-0.2, 0) is 0 Å². The van der Waals surface area contributed by atoms with Gasteiger partial charge in [-0.05, 0) is 53.6 Å². The molecule has 2 aromatic rings. The maximum atomic E-state index is 5.40. The van der Waals surface area contributed by atoms with Crippen molar-refractivity contribution in [3.8, 4) is 11.5 Å². The molecule has 3 nitrogen and oxygen atoms in total. The van der Waals surface area contributed by atoms with Gasteiger partial charge in [-0.3, -0.25) is 0 Å². The predicted molar refractivity (Wildman–Crippen MR) is 87.2 cm³/mol. The summed E-state index contributed by atoms with van der Waals surface area (Å²) in [5, 5.41) is 7.71. The Kier molecular flexibility index (Phi) is 5.07. The van der Waals surface area contributed by atoms with E-state index in [1.165, 1.54) is 11.1 Å². The van der Waals surface area contributed by atoms with E-state index < -0.39 is 0 Å². The Morgan fingerprint density at radius 2 is 1.75 bits per heavy atom. The predicted octanol–water partition coefficient (Wildman–Crippen LogP) is 4.15. The van der Waals surface area contributed by atoms with E-state index in [1.807, 2.05) is 19.2 Å². The smallest absolute Gasteiger partial charge is 0.161 e. The zero-order valence-corrected chi connectivity index (χ0v) is 14.4. The Morgan fingerprint density at radius 3 is 2.25 bits per heavy atom. The molecule has 1 heterocycles. The Morgan fingerprint density at radius 1 is 1.10 bits per heavy atom. The normalized spacial score (nSPS) is 12.2. The Labute approximate surface area is 132 Å². The van der Waals surface area contributed by atoms with E-state index in [1.54, 1.807) is 25.6 Å². The van der Waals surface area contributed by atoms with Gasteiger partial charge in [-0.1, -0.05) is 15.9 Å². The van der Waals surface area contributed by atoms with Crippen LogP contribution in [0.3, 0.4) is 0 Å². The van der Waals surface area contributed by atoms with Crippen molar-refractivity contribution in [3.05, 3.63) is 44.1 Å². The van der Waals surface area contributed by atoms with Crippen molar-refractivity contribution < 1.29 is 9.47 Å². The van der Waals surface area contributed by atoms with Crippen molar-refractivity contribution >= 4 is 27.3 Å². The first-order valence-corrected chi connectivity index (χ1v) is 7.97. The number of rotatable bonds is 5. The van der Waals surface area contributed by atoms with Gasteiger partial charge < -0.3 is 14.8 Å². The molecule has 2 rings (SSSR count). The fourth-order valence-electron chi connectivity index (χ4n) is 2.24. The maximum absolute atomic E-state index is 5.40. The third-order valence-electron chi connectivity index (χ3n) is 3.31. The molecule has 1 atom stereocenters. The quantitative estimate of drug-likeness (QED) is 0.873. The van der Waals surface area contributed by atoms with E-state index in [2.05, 4.69) is 38.9 Å². The summed E-state index contributed by atoms with van der Waals surface area (Å²) in [7, 11) is 5.26. The summed E-state index contributed by atoms with van der Waals surface area (Å²) in [5.74, 6) is 1.46. The van der Waals surface area contributed by atoms with Gasteiger partial charge in [0.1, 0.15) is 0 Å². The van der Waals surface area contributed by atoms with Gasteiger partial charge in [0, 0.05) is 4.47 Å². The Balaban J connectivity index is 2.52. The summed E-state index contributed by atoms with van der Waals surface area (Å²) in [6.45, 7) is 2.13. The van der Waals surface area contributed by atoms with Gasteiger partial charge in [0.15, 0.2) is 11.5 Å². The highest BCUT2D eigenvalue weighted by molar-refractivity contribution is 9.10. The lowest BCUT2D eigenvalue weighted by Crippen LogP contribution is -2.18. The molecule has 0 aliphatic carbocycles. The number of hydrogen-bond donors (Lipinski definition) is 1. The lowest BCUT2D eigenvalue weighted by molar-refractivity contribution is 0.354. The minimum Gasteiger partial charge on any atom is -0.493 e. The fourth-order valence-corrected chi connectivity index (χ4v) is 3.66. The van der Waals surface area contributed by atoms with Crippen LogP contribution in [-0.4, -0.2) is 21.3 Å². The van der Waals surface area contributed by atoms with Gasteiger partial charge in [0.2, 0.25) is 0 Å². The average Bonchev–Trinajstić information content (AvgIpc) is 2.87. The van der Waals surface area contributed by atoms with Crippen LogP contribution in [0.15, 0.2) is 27.4 Å². The molecule has 0 aliphatic rings. The van der Waals surface area contributed by atoms with Crippen molar-refractivity contribution in [3.63, 3.8) is 0 Å². The van der Waals surface area contributed by atoms with E-state index in [0.717, 1.165) is 21.5 Å². The highest BCUT2D eigenvalue weighted by atomic mass is 79.9. The van der Waals surface area contributed by atoms with Gasteiger partial charge in [-0.2, -0.15) is 11.3 Å². The standard InChI is InChI=1S/C15H18BrNO2S/c1-9-7-20-8-11(9)15(17-2)10-5-13(18-3)14(19-4)6-12(10)16/h5-8,15,17H,1-4H3. The minimum atomic E-state index is 0.121. The van der Waals surface area contributed by atoms with Gasteiger partial charge in [0.25, 0.3) is 0 Å². The molecule has 1 aromatic heterocycles. The summed E-state index contributed by atoms with van der Waals surface area (Å²) < 4.78 is 11.7. The van der Waals surface area contributed by atoms with Crippen LogP contribution in [0.4, 0.5) is 0 Å². The number of thiophene rings is 1. The van der Waals surface area contributed by atoms with Gasteiger partial charge in [-0.15, -0.1) is 0 Å². The second kappa shape index (κ2) is 6.61. The number of hydrogen-bond acceptors (Lipinski definition) is 4. The van der Waals surface area contributed by atoms with Crippen LogP contribution in [0.2, 0.25) is 0 Å². The first-order chi connectivity index (χ1) is 9.62. The topological polar surface area (TPSA) is 30.5 Å². The van der Waals surface area contributed by atoms with E-state index in [4.69, 9.17) is 9.47 Å². The molecule has 0 radical (unpaired) electrons. The van der Waals surface area contributed by atoms with Gasteiger partial charge in [0.05, 0.1) is 20.3 Å². The molecule has 0 aliphatic heterocycles. The molecule has 5 heteroatoms. The molecule has 1 aromatic carbocycles. The fraction of sp³-hybridized carbons (Fsp3) is 0.333. The molecule has 1 N–H and O–H groups in total. The highest BCUT2D eigenvalue weighted by Crippen LogP contribution is 2.39. The molecule has 108 valence electrons. The first kappa shape index (κ1) is 15.4. The minimum absolute atomic E-state index is 0.121. The number of halogens is 1. The third kappa shape index (κ3) is 2.85.